The highest BCUT2D eigenvalue weighted by atomic mass is 16.6. The number of esters is 4. The fourth-order valence-electron chi connectivity index (χ4n) is 13.1. The average Bonchev–Trinajstić information content (AvgIpc) is 3.95. The van der Waals surface area contributed by atoms with Gasteiger partial charge in [-0.1, -0.05) is 13.8 Å². The highest BCUT2D eigenvalue weighted by Gasteiger charge is 2.69. The van der Waals surface area contributed by atoms with Gasteiger partial charge in [0.1, 0.15) is 5.60 Å². The molecule has 4 aliphatic carbocycles. The zero-order chi connectivity index (χ0) is 39.0. The topological polar surface area (TPSA) is 200 Å². The molecule has 0 aromatic rings. The first kappa shape index (κ1) is 39.2. The Morgan fingerprint density at radius 1 is 0.778 bits per heavy atom. The highest BCUT2D eigenvalue weighted by molar-refractivity contribution is 5.96. The number of unbranched alkanes of at least 4 members (excludes halogenated alkanes) is 1. The van der Waals surface area contributed by atoms with E-state index < -0.39 is 65.0 Å². The standard InChI is InChI=1S/C41H58O13/c1-17-20(34-28(16-29(17)52-34)38(48)51-11-7-6-10-42)8-9-21-19-12-23(26(13-19)40(50)54-41(3,4)5)30(21)31-24(14-22-18(2)37(47)53-39(22)49)25-15-27(31)33(36(45)46)32(25)35(43)44/h17-34,42H,6-16H2,1-5H3,(H,43,44)(H,45,46). The van der Waals surface area contributed by atoms with E-state index in [4.69, 9.17) is 24.1 Å². The van der Waals surface area contributed by atoms with Gasteiger partial charge in [0, 0.05) is 6.61 Å². The summed E-state index contributed by atoms with van der Waals surface area (Å²) in [6, 6.07) is 0. The number of fused-ring (bicyclic) bond motifs is 6. The number of aliphatic carboxylic acids is 2. The van der Waals surface area contributed by atoms with Crippen molar-refractivity contribution < 1.29 is 63.0 Å². The lowest BCUT2D eigenvalue weighted by molar-refractivity contribution is -0.166. The minimum absolute atomic E-state index is 0.0440. The lowest BCUT2D eigenvalue weighted by Gasteiger charge is -2.48. The zero-order valence-corrected chi connectivity index (χ0v) is 32.1. The van der Waals surface area contributed by atoms with Crippen LogP contribution in [0.1, 0.15) is 92.4 Å². The number of hydrogen-bond acceptors (Lipinski definition) is 11. The number of ether oxygens (including phenoxy) is 4. The summed E-state index contributed by atoms with van der Waals surface area (Å²) in [7, 11) is 0. The summed E-state index contributed by atoms with van der Waals surface area (Å²) < 4.78 is 23.0. The predicted octanol–water partition coefficient (Wildman–Crippen LogP) is 4.36. The van der Waals surface area contributed by atoms with Crippen molar-refractivity contribution in [3.63, 3.8) is 0 Å². The third-order valence-corrected chi connectivity index (χ3v) is 15.2. The molecule has 18 atom stereocenters. The molecule has 7 aliphatic rings. The molecular weight excluding hydrogens is 700 g/mol. The molecule has 13 nitrogen and oxygen atoms in total. The molecule has 13 heteroatoms. The Balaban J connectivity index is 1.18. The molecule has 0 spiro atoms. The SMILES string of the molecule is CC1C(=O)OC(=O)C1CC1C2CC(C(C(=O)O)C2C(=O)O)C1C1C(CCC2C(C)C3CC(C(=O)OCCCCO)C2O3)C2CC(C(=O)OC(C)(C)C)C1C2. The average molecular weight is 759 g/mol. The summed E-state index contributed by atoms with van der Waals surface area (Å²) in [4.78, 5) is 78.1. The largest absolute Gasteiger partial charge is 0.481 e. The number of hydrogen-bond donors (Lipinski definition) is 3. The Morgan fingerprint density at radius 3 is 2.06 bits per heavy atom. The molecule has 3 N–H and O–H groups in total. The van der Waals surface area contributed by atoms with Gasteiger partial charge >= 0.3 is 35.8 Å². The van der Waals surface area contributed by atoms with Gasteiger partial charge in [0.05, 0.1) is 54.3 Å². The van der Waals surface area contributed by atoms with Crippen molar-refractivity contribution in [2.75, 3.05) is 13.2 Å². The van der Waals surface area contributed by atoms with Crippen LogP contribution in [0.4, 0.5) is 0 Å². The van der Waals surface area contributed by atoms with Crippen molar-refractivity contribution >= 4 is 35.8 Å². The Labute approximate surface area is 316 Å². The zero-order valence-electron chi connectivity index (χ0n) is 32.1. The molecule has 6 bridgehead atoms. The number of aliphatic hydroxyl groups is 1. The van der Waals surface area contributed by atoms with E-state index in [0.29, 0.717) is 32.1 Å². The third kappa shape index (κ3) is 6.77. The van der Waals surface area contributed by atoms with Crippen molar-refractivity contribution in [1.29, 1.82) is 0 Å². The van der Waals surface area contributed by atoms with Crippen LogP contribution in [-0.4, -0.2) is 82.2 Å². The van der Waals surface area contributed by atoms with E-state index in [1.54, 1.807) is 6.92 Å². The number of carbonyl (C=O) groups excluding carboxylic acids is 4. The summed E-state index contributed by atoms with van der Waals surface area (Å²) in [5.74, 6) is -9.48. The van der Waals surface area contributed by atoms with Gasteiger partial charge < -0.3 is 34.3 Å². The van der Waals surface area contributed by atoms with Crippen LogP contribution in [0.25, 0.3) is 0 Å². The van der Waals surface area contributed by atoms with Gasteiger partial charge in [-0.3, -0.25) is 28.8 Å². The van der Waals surface area contributed by atoms with Crippen LogP contribution in [0.5, 0.6) is 0 Å². The van der Waals surface area contributed by atoms with Crippen molar-refractivity contribution in [3.8, 4) is 0 Å². The monoisotopic (exact) mass is 758 g/mol. The van der Waals surface area contributed by atoms with Crippen molar-refractivity contribution in [2.24, 2.45) is 94.7 Å². The maximum Gasteiger partial charge on any atom is 0.317 e. The molecule has 4 saturated carbocycles. The van der Waals surface area contributed by atoms with Crippen molar-refractivity contribution in [1.82, 2.24) is 0 Å². The van der Waals surface area contributed by atoms with Gasteiger partial charge in [-0.25, -0.2) is 0 Å². The van der Waals surface area contributed by atoms with E-state index in [1.165, 1.54) is 0 Å². The molecule has 3 saturated heterocycles. The Bertz CT molecular complexity index is 1520. The van der Waals surface area contributed by atoms with Crippen LogP contribution in [-0.2, 0) is 47.7 Å². The van der Waals surface area contributed by atoms with E-state index in [9.17, 15) is 39.0 Å². The maximum absolute atomic E-state index is 13.8. The quantitative estimate of drug-likeness (QED) is 0.0978. The number of cyclic esters (lactones) is 2. The number of aliphatic hydroxyl groups excluding tert-OH is 1. The molecule has 18 unspecified atom stereocenters. The minimum Gasteiger partial charge on any atom is -0.481 e. The van der Waals surface area contributed by atoms with Crippen LogP contribution in [0.15, 0.2) is 0 Å². The van der Waals surface area contributed by atoms with Gasteiger partial charge in [-0.2, -0.15) is 0 Å². The number of carboxylic acids is 2. The molecule has 300 valence electrons. The Kier molecular flexibility index (Phi) is 10.7. The van der Waals surface area contributed by atoms with Crippen LogP contribution in [0.3, 0.4) is 0 Å². The summed E-state index contributed by atoms with van der Waals surface area (Å²) in [5.41, 5.74) is -0.689. The van der Waals surface area contributed by atoms with Crippen LogP contribution >= 0.6 is 0 Å². The summed E-state index contributed by atoms with van der Waals surface area (Å²) >= 11 is 0. The second kappa shape index (κ2) is 14.8. The van der Waals surface area contributed by atoms with Crippen LogP contribution < -0.4 is 0 Å². The Hall–Kier alpha value is -3.06. The predicted molar refractivity (Wildman–Crippen MR) is 188 cm³/mol. The van der Waals surface area contributed by atoms with Gasteiger partial charge in [0.25, 0.3) is 0 Å². The molecule has 0 aromatic carbocycles. The maximum atomic E-state index is 13.8. The Morgan fingerprint density at radius 2 is 1.44 bits per heavy atom. The molecule has 0 amide bonds. The molecule has 0 aromatic heterocycles. The first-order chi connectivity index (χ1) is 25.5. The van der Waals surface area contributed by atoms with Gasteiger partial charge in [0.15, 0.2) is 0 Å². The fraction of sp³-hybridized carbons (Fsp3) is 0.854. The third-order valence-electron chi connectivity index (χ3n) is 15.2. The van der Waals surface area contributed by atoms with Gasteiger partial charge in [-0.05, 0) is 138 Å². The molecule has 3 aliphatic heterocycles. The molecule has 3 heterocycles. The van der Waals surface area contributed by atoms with E-state index in [-0.39, 0.29) is 103 Å². The van der Waals surface area contributed by atoms with E-state index in [1.807, 2.05) is 20.8 Å². The van der Waals surface area contributed by atoms with Gasteiger partial charge in [0.2, 0.25) is 0 Å². The molecule has 54 heavy (non-hydrogen) atoms. The second-order valence-electron chi connectivity index (χ2n) is 18.9. The lowest BCUT2D eigenvalue weighted by atomic mass is 9.55. The molecule has 7 fully saturated rings. The fourth-order valence-corrected chi connectivity index (χ4v) is 13.1. The smallest absolute Gasteiger partial charge is 0.317 e. The minimum atomic E-state index is -1.15. The normalized spacial score (nSPS) is 44.6. The first-order valence-electron chi connectivity index (χ1n) is 20.4. The van der Waals surface area contributed by atoms with E-state index in [0.717, 1.165) is 19.3 Å². The van der Waals surface area contributed by atoms with Crippen molar-refractivity contribution in [2.45, 2.75) is 110 Å². The summed E-state index contributed by atoms with van der Waals surface area (Å²) in [6.07, 6.45) is 5.13. The first-order valence-corrected chi connectivity index (χ1v) is 20.4. The number of rotatable bonds is 14. The van der Waals surface area contributed by atoms with Gasteiger partial charge in [-0.15, -0.1) is 0 Å². The highest BCUT2D eigenvalue weighted by Crippen LogP contribution is 2.69. The second-order valence-corrected chi connectivity index (χ2v) is 18.9. The van der Waals surface area contributed by atoms with E-state index in [2.05, 4.69) is 6.92 Å². The summed E-state index contributed by atoms with van der Waals surface area (Å²) in [5, 5.41) is 30.0. The van der Waals surface area contributed by atoms with Crippen LogP contribution in [0, 0.1) is 94.7 Å². The summed E-state index contributed by atoms with van der Waals surface area (Å²) in [6.45, 7) is 9.66. The van der Waals surface area contributed by atoms with Crippen LogP contribution in [0.2, 0.25) is 0 Å². The molecule has 7 rings (SSSR count). The number of carboxylic acid groups (broad SMARTS) is 2. The van der Waals surface area contributed by atoms with Crippen molar-refractivity contribution in [3.05, 3.63) is 0 Å². The molecule has 0 radical (unpaired) electrons. The number of carbonyl (C=O) groups is 6. The molecular formula is C41H58O13. The van der Waals surface area contributed by atoms with E-state index >= 15 is 0 Å². The lowest BCUT2D eigenvalue weighted by Crippen LogP contribution is -2.49.